The number of benzene rings is 4. The smallest absolute Gasteiger partial charge is 0.527 e. The van der Waals surface area contributed by atoms with E-state index in [1.54, 1.807) is 8.99 Å². The number of aryl methyl sites for hydroxylation is 2. The summed E-state index contributed by atoms with van der Waals surface area (Å²) in [4.78, 5) is 47.2. The van der Waals surface area contributed by atoms with Crippen LogP contribution in [0.25, 0.3) is 41.7 Å². The van der Waals surface area contributed by atoms with Crippen LogP contribution in [0.5, 0.6) is 0 Å². The Morgan fingerprint density at radius 3 is 0.967 bits per heavy atom. The molecule has 7 N–H and O–H groups in total. The Kier molecular flexibility index (Phi) is 54.2. The maximum absolute atomic E-state index is 11.3. The van der Waals surface area contributed by atoms with Crippen molar-refractivity contribution in [2.24, 2.45) is 23.7 Å². The first-order chi connectivity index (χ1) is 38.6. The molecule has 4 bridgehead atoms. The molecule has 8 rings (SSSR count). The summed E-state index contributed by atoms with van der Waals surface area (Å²) < 4.78 is 165. The maximum Gasteiger partial charge on any atom is 3.00 e. The number of terminal acetylenes is 2. The molecule has 472 valence electrons. The van der Waals surface area contributed by atoms with Crippen molar-refractivity contribution in [1.82, 2.24) is 4.49 Å². The molecule has 0 heterocycles. The molecule has 4 radical (unpaired) electrons. The van der Waals surface area contributed by atoms with Crippen molar-refractivity contribution in [3.05, 3.63) is 142 Å². The summed E-state index contributed by atoms with van der Waals surface area (Å²) in [5.41, 5.74) is -11.2. The molecule has 0 saturated carbocycles. The van der Waals surface area contributed by atoms with Crippen molar-refractivity contribution in [3.63, 3.8) is 0 Å². The summed E-state index contributed by atoms with van der Waals surface area (Å²) in [5.74, 6) is 30.8. The molecule has 0 amide bonds. The van der Waals surface area contributed by atoms with Gasteiger partial charge in [-0.2, -0.15) is 39.5 Å². The monoisotopic (exact) mass is 1850 g/mol. The molecule has 0 saturated heterocycles. The fourth-order valence-corrected chi connectivity index (χ4v) is 10.3. The molecule has 15 nitrogen and oxygen atoms in total. The van der Waals surface area contributed by atoms with Gasteiger partial charge in [0, 0.05) is 131 Å². The normalized spacial score (nSPS) is 15.2. The molecule has 4 aliphatic rings. The molecular formula is C54H45F9N3O12P3Rh2S3Y4+2. The average Bonchev–Trinajstić information content (AvgIpc) is 1.11. The Balaban J connectivity index is -0.000000233. The molecule has 0 fully saturated rings. The number of allylic oxidation sites excluding steroid dienone is 8. The number of hydrogen-bond donors (Lipinski definition) is 7. The summed E-state index contributed by atoms with van der Waals surface area (Å²) >= 11 is 0. The number of rotatable bonds is 7. The molecule has 0 unspecified atom stereocenters. The van der Waals surface area contributed by atoms with E-state index < -0.39 is 72.2 Å². The van der Waals surface area contributed by atoms with E-state index >= 15 is 0 Å². The summed E-state index contributed by atoms with van der Waals surface area (Å²) in [7, 11) is -27.9. The van der Waals surface area contributed by atoms with Crippen LogP contribution >= 0.6 is 25.6 Å². The standard InChI is InChI=1S/C22H18.C14H2.2C7H6.3CH3F3NO4PS.CH4.2Rh.4Y/c1-15-11-13-17-7-3-5-9-19(17)21(15)22-16(2)12-14-18-8-4-6-10-20(18)22;1-3-5-7-9-11-13-14-12-10-8-6-4-2;2*1-2-7-4-3-6(1)5-7;3*2-1(3,4)11(8,9)5-10(6)7;;;;;;;/h3-14H,1-2H3;1-2H;2*1,3,6-7H,5H2;2*6-7,10H;5-7H;1H4;;;;;;/q;;2*-2;;;;;2*+3;;;;. The Morgan fingerprint density at radius 1 is 0.511 bits per heavy atom. The molecule has 36 heteroatoms. The van der Waals surface area contributed by atoms with E-state index in [0.29, 0.717) is 28.2 Å². The molecule has 4 aromatic rings. The number of nitrogens with one attached hydrogen (secondary N) is 1. The van der Waals surface area contributed by atoms with Gasteiger partial charge >= 0.3 is 65.5 Å². The number of hydrogen-bond acceptors (Lipinski definition) is 12. The third-order valence-electron chi connectivity index (χ3n) is 9.79. The van der Waals surface area contributed by atoms with Crippen LogP contribution in [0.2, 0.25) is 0 Å². The number of nitrogens with zero attached hydrogens (tertiary/aromatic N) is 2. The van der Waals surface area contributed by atoms with Gasteiger partial charge in [-0.05, 0) is 129 Å². The maximum atomic E-state index is 11.3. The van der Waals surface area contributed by atoms with Crippen LogP contribution in [0.15, 0.2) is 97.1 Å². The fourth-order valence-electron chi connectivity index (χ4n) is 6.46. The first-order valence-electron chi connectivity index (χ1n) is 22.2. The zero-order valence-electron chi connectivity index (χ0n) is 45.2. The number of sulfonamides is 3. The second-order valence-electron chi connectivity index (χ2n) is 15.7. The van der Waals surface area contributed by atoms with Gasteiger partial charge < -0.3 is 54.9 Å². The number of alkyl halides is 9. The van der Waals surface area contributed by atoms with Crippen LogP contribution in [0.1, 0.15) is 31.4 Å². The van der Waals surface area contributed by atoms with Gasteiger partial charge in [-0.25, -0.2) is 44.8 Å². The minimum Gasteiger partial charge on any atom is -0.527 e. The molecular weight excluding hydrogens is 1800 g/mol. The van der Waals surface area contributed by atoms with Crippen LogP contribution in [-0.2, 0) is 200 Å². The predicted octanol–water partition coefficient (Wildman–Crippen LogP) is 9.82. The summed E-state index contributed by atoms with van der Waals surface area (Å²) in [5, 5.41) is 5.27. The van der Waals surface area contributed by atoms with Crippen molar-refractivity contribution < 1.29 is 264 Å². The van der Waals surface area contributed by atoms with Crippen LogP contribution in [0.4, 0.5) is 39.5 Å². The Morgan fingerprint density at radius 2 is 0.789 bits per heavy atom. The van der Waals surface area contributed by atoms with Crippen molar-refractivity contribution in [2.75, 3.05) is 0 Å². The van der Waals surface area contributed by atoms with Crippen molar-refractivity contribution in [2.45, 2.75) is 50.6 Å². The van der Waals surface area contributed by atoms with E-state index in [4.69, 9.17) is 42.2 Å². The first kappa shape index (κ1) is 100. The van der Waals surface area contributed by atoms with Crippen molar-refractivity contribution >= 4 is 77.2 Å². The molecule has 4 aliphatic carbocycles. The number of halogens is 9. The van der Waals surface area contributed by atoms with Crippen molar-refractivity contribution in [1.29, 1.82) is 0 Å². The van der Waals surface area contributed by atoms with Crippen LogP contribution in [0, 0.1) is 146 Å². The van der Waals surface area contributed by atoms with E-state index in [0.717, 1.165) is 0 Å². The summed E-state index contributed by atoms with van der Waals surface area (Å²) in [6.07, 6.45) is 33.5. The molecule has 4 aromatic carbocycles. The summed E-state index contributed by atoms with van der Waals surface area (Å²) in [6, 6.07) is 26.2. The largest absolute Gasteiger partial charge is 3.00 e. The second kappa shape index (κ2) is 48.7. The molecule has 0 aliphatic heterocycles. The van der Waals surface area contributed by atoms with Gasteiger partial charge in [0.2, 0.25) is 20.0 Å². The van der Waals surface area contributed by atoms with E-state index in [-0.39, 0.29) is 177 Å². The minimum absolute atomic E-state index is 0. The first-order valence-corrected chi connectivity index (χ1v) is 30.5. The van der Waals surface area contributed by atoms with Gasteiger partial charge in [0.1, 0.15) is 0 Å². The van der Waals surface area contributed by atoms with Crippen LogP contribution in [-0.4, -0.2) is 71.1 Å². The van der Waals surface area contributed by atoms with Gasteiger partial charge in [0.05, 0.1) is 0 Å². The van der Waals surface area contributed by atoms with Gasteiger partial charge in [0.15, 0.2) is 17.1 Å². The van der Waals surface area contributed by atoms with Gasteiger partial charge in [-0.3, -0.25) is 24.3 Å². The zero-order valence-corrected chi connectivity index (χ0v) is 65.2. The third kappa shape index (κ3) is 37.0. The fraction of sp³-hybridized carbons (Fsp3) is 0.222. The third-order valence-corrected chi connectivity index (χ3v) is 16.4. The molecule has 0 spiro atoms. The van der Waals surface area contributed by atoms with E-state index in [2.05, 4.69) is 206 Å². The topological polar surface area (TPSA) is 264 Å². The Bertz CT molecular complexity index is 3510. The van der Waals surface area contributed by atoms with Crippen LogP contribution < -0.4 is 4.49 Å². The second-order valence-corrected chi connectivity index (χ2v) is 24.0. The van der Waals surface area contributed by atoms with E-state index in [9.17, 15) is 64.8 Å². The Hall–Kier alpha value is -0.908. The SMILES string of the molecule is C.C#CC#CC#CC#CC#CC#CC#C.Cc1ccc2ccccc2c1-c1c(C)ccc2ccccc12.O=S(=O)(NP(O)O)C(F)(F)F.O=S(=O)([N-][PH+](O)O)C(F)(F)F.O=S(=O)([N-][PH+](O)O)C(F)(F)F.[C-]1=CC2C=[C-]C1C2.[C-]1=CC2C=[C-]C1C2.[Rh+3].[Rh+3].[Y].[Y].[Y].[Y]. The molecule has 0 atom stereocenters. The van der Waals surface area contributed by atoms with Gasteiger partial charge in [0.25, 0.3) is 8.53 Å². The molecule has 90 heavy (non-hydrogen) atoms. The predicted molar refractivity (Wildman–Crippen MR) is 306 cm³/mol. The van der Waals surface area contributed by atoms with Crippen LogP contribution in [0.3, 0.4) is 0 Å². The van der Waals surface area contributed by atoms with Gasteiger partial charge in [-0.1, -0.05) is 105 Å². The number of fused-ring (bicyclic) bond motifs is 6. The Labute approximate surface area is 647 Å². The molecule has 0 aromatic heterocycles. The average molecular weight is 1850 g/mol. The van der Waals surface area contributed by atoms with E-state index in [1.807, 2.05) is 0 Å². The van der Waals surface area contributed by atoms with Gasteiger partial charge in [-0.15, -0.1) is 17.3 Å². The quantitative estimate of drug-likeness (QED) is 0.0300. The van der Waals surface area contributed by atoms with Crippen molar-refractivity contribution in [3.8, 4) is 95.0 Å². The zero-order chi connectivity index (χ0) is 62.8. The summed E-state index contributed by atoms with van der Waals surface area (Å²) in [6.45, 7) is 4.42. The van der Waals surface area contributed by atoms with E-state index in [1.165, 1.54) is 56.6 Å². The minimum atomic E-state index is -5.73.